The van der Waals surface area contributed by atoms with Crippen molar-refractivity contribution in [2.45, 2.75) is 20.3 Å². The van der Waals surface area contributed by atoms with Crippen molar-refractivity contribution >= 4 is 23.4 Å². The SMILES string of the molecule is Cc1cccc(C)c1NC(=O)CN1C(=O)[C@H]2[C@@H]3C=C[C@@H]([C@H]4C[C@H]34)[C@@H]2C1=O. The van der Waals surface area contributed by atoms with Crippen molar-refractivity contribution < 1.29 is 14.4 Å². The third kappa shape index (κ3) is 2.06. The Morgan fingerprint density at radius 3 is 2.12 bits per heavy atom. The number of aryl methyl sites for hydroxylation is 2. The number of nitrogens with one attached hydrogen (secondary N) is 1. The third-order valence-electron chi connectivity index (χ3n) is 6.80. The fraction of sp³-hybridized carbons (Fsp3) is 0.476. The normalized spacial score (nSPS) is 36.2. The van der Waals surface area contributed by atoms with E-state index in [9.17, 15) is 14.4 Å². The first-order valence-electron chi connectivity index (χ1n) is 9.37. The predicted molar refractivity (Wildman–Crippen MR) is 96.0 cm³/mol. The van der Waals surface area contributed by atoms with E-state index in [1.165, 1.54) is 4.90 Å². The second-order valence-corrected chi connectivity index (χ2v) is 8.23. The van der Waals surface area contributed by atoms with Gasteiger partial charge in [-0.15, -0.1) is 0 Å². The highest BCUT2D eigenvalue weighted by Crippen LogP contribution is 2.65. The standard InChI is InChI=1S/C21H22N2O3/c1-10-4-3-5-11(2)19(10)22-16(24)9-23-20(25)17-12-6-7-13(15-8-14(12)15)18(17)21(23)26/h3-7,12-15,17-18H,8-9H2,1-2H3,(H,22,24)/t12-,13+,14-,15-,17+,18+/m1/s1. The van der Waals surface area contributed by atoms with Gasteiger partial charge in [0.05, 0.1) is 11.8 Å². The molecule has 2 saturated carbocycles. The molecule has 3 fully saturated rings. The van der Waals surface area contributed by atoms with Crippen molar-refractivity contribution in [3.8, 4) is 0 Å². The number of allylic oxidation sites excluding steroid dienone is 2. The minimum Gasteiger partial charge on any atom is -0.324 e. The topological polar surface area (TPSA) is 66.5 Å². The maximum absolute atomic E-state index is 12.9. The van der Waals surface area contributed by atoms with Crippen LogP contribution < -0.4 is 5.32 Å². The number of rotatable bonds is 3. The highest BCUT2D eigenvalue weighted by Gasteiger charge is 2.67. The second kappa shape index (κ2) is 5.29. The van der Waals surface area contributed by atoms with Crippen LogP contribution in [0.15, 0.2) is 30.4 Å². The summed E-state index contributed by atoms with van der Waals surface area (Å²) >= 11 is 0. The molecule has 0 spiro atoms. The highest BCUT2D eigenvalue weighted by molar-refractivity contribution is 6.09. The lowest BCUT2D eigenvalue weighted by molar-refractivity contribution is -0.142. The Hall–Kier alpha value is -2.43. The number of likely N-dealkylation sites (tertiary alicyclic amines) is 1. The van der Waals surface area contributed by atoms with E-state index in [0.29, 0.717) is 11.8 Å². The molecule has 1 N–H and O–H groups in total. The lowest BCUT2D eigenvalue weighted by Crippen LogP contribution is -2.40. The van der Waals surface area contributed by atoms with Gasteiger partial charge in [0.15, 0.2) is 0 Å². The summed E-state index contributed by atoms with van der Waals surface area (Å²) in [5, 5.41) is 2.88. The van der Waals surface area contributed by atoms with E-state index in [4.69, 9.17) is 0 Å². The molecule has 4 aliphatic carbocycles. The van der Waals surface area contributed by atoms with Crippen molar-refractivity contribution in [3.63, 3.8) is 0 Å². The third-order valence-corrected chi connectivity index (χ3v) is 6.80. The Balaban J connectivity index is 1.35. The first kappa shape index (κ1) is 15.8. The van der Waals surface area contributed by atoms with Gasteiger partial charge >= 0.3 is 0 Å². The van der Waals surface area contributed by atoms with E-state index in [1.807, 2.05) is 32.0 Å². The van der Waals surface area contributed by atoms with Crippen LogP contribution in [-0.2, 0) is 14.4 Å². The van der Waals surface area contributed by atoms with Crippen LogP contribution in [-0.4, -0.2) is 29.2 Å². The average molecular weight is 350 g/mol. The van der Waals surface area contributed by atoms with Crippen molar-refractivity contribution in [1.82, 2.24) is 4.90 Å². The number of carbonyl (C=O) groups excluding carboxylic acids is 3. The lowest BCUT2D eigenvalue weighted by Gasteiger charge is -2.37. The Labute approximate surface area is 152 Å². The van der Waals surface area contributed by atoms with Gasteiger partial charge in [-0.25, -0.2) is 0 Å². The van der Waals surface area contributed by atoms with E-state index in [2.05, 4.69) is 17.5 Å². The van der Waals surface area contributed by atoms with E-state index in [-0.39, 0.29) is 47.9 Å². The maximum Gasteiger partial charge on any atom is 0.244 e. The number of amides is 3. The van der Waals surface area contributed by atoms with Crippen molar-refractivity contribution in [2.75, 3.05) is 11.9 Å². The predicted octanol–water partition coefficient (Wildman–Crippen LogP) is 2.30. The zero-order valence-corrected chi connectivity index (χ0v) is 14.9. The van der Waals surface area contributed by atoms with Gasteiger partial charge in [0, 0.05) is 5.69 Å². The molecule has 5 aliphatic rings. The van der Waals surface area contributed by atoms with Crippen molar-refractivity contribution in [1.29, 1.82) is 0 Å². The number of nitrogens with zero attached hydrogens (tertiary/aromatic N) is 1. The Morgan fingerprint density at radius 2 is 1.58 bits per heavy atom. The molecular formula is C21H22N2O3. The number of benzene rings is 1. The summed E-state index contributed by atoms with van der Waals surface area (Å²) in [4.78, 5) is 39.6. The van der Waals surface area contributed by atoms with Crippen LogP contribution in [0.3, 0.4) is 0 Å². The summed E-state index contributed by atoms with van der Waals surface area (Å²) in [6, 6.07) is 5.80. The minimum atomic E-state index is -0.312. The van der Waals surface area contributed by atoms with Gasteiger partial charge in [0.1, 0.15) is 6.54 Å². The Kier molecular flexibility index (Phi) is 3.21. The largest absolute Gasteiger partial charge is 0.324 e. The van der Waals surface area contributed by atoms with E-state index < -0.39 is 0 Å². The number of anilines is 1. The number of para-hydroxylation sites is 1. The molecule has 5 heteroatoms. The molecule has 6 atom stereocenters. The van der Waals surface area contributed by atoms with Gasteiger partial charge in [0.2, 0.25) is 17.7 Å². The van der Waals surface area contributed by atoms with Crippen LogP contribution in [0.4, 0.5) is 5.69 Å². The monoisotopic (exact) mass is 350 g/mol. The van der Waals surface area contributed by atoms with Gasteiger partial charge in [-0.1, -0.05) is 30.4 Å². The Morgan fingerprint density at radius 1 is 1.04 bits per heavy atom. The average Bonchev–Trinajstić information content (AvgIpc) is 3.40. The van der Waals surface area contributed by atoms with Gasteiger partial charge in [-0.2, -0.15) is 0 Å². The summed E-state index contributed by atoms with van der Waals surface area (Å²) in [7, 11) is 0. The molecule has 1 aromatic rings. The molecule has 0 radical (unpaired) electrons. The minimum absolute atomic E-state index is 0.152. The van der Waals surface area contributed by atoms with Crippen LogP contribution in [0.1, 0.15) is 17.5 Å². The molecule has 26 heavy (non-hydrogen) atoms. The molecule has 0 unspecified atom stereocenters. The molecule has 1 heterocycles. The fourth-order valence-corrected chi connectivity index (χ4v) is 5.51. The van der Waals surface area contributed by atoms with E-state index >= 15 is 0 Å². The number of carbonyl (C=O) groups is 3. The zero-order valence-electron chi connectivity index (χ0n) is 14.9. The molecular weight excluding hydrogens is 328 g/mol. The maximum atomic E-state index is 12.9. The molecule has 0 aromatic heterocycles. The smallest absolute Gasteiger partial charge is 0.244 e. The van der Waals surface area contributed by atoms with Crippen molar-refractivity contribution in [3.05, 3.63) is 41.5 Å². The molecule has 6 rings (SSSR count). The van der Waals surface area contributed by atoms with Gasteiger partial charge in [-0.05, 0) is 55.1 Å². The van der Waals surface area contributed by atoms with E-state index in [0.717, 1.165) is 23.2 Å². The number of hydrogen-bond acceptors (Lipinski definition) is 3. The van der Waals surface area contributed by atoms with Crippen LogP contribution in [0, 0.1) is 49.4 Å². The molecule has 2 bridgehead atoms. The zero-order chi connectivity index (χ0) is 18.2. The summed E-state index contributed by atoms with van der Waals surface area (Å²) in [6.45, 7) is 3.67. The Bertz CT molecular complexity index is 818. The molecule has 1 saturated heterocycles. The first-order chi connectivity index (χ1) is 12.5. The summed E-state index contributed by atoms with van der Waals surface area (Å²) in [5.41, 5.74) is 2.69. The fourth-order valence-electron chi connectivity index (χ4n) is 5.51. The van der Waals surface area contributed by atoms with E-state index in [1.54, 1.807) is 0 Å². The highest BCUT2D eigenvalue weighted by atomic mass is 16.2. The molecule has 1 aliphatic heterocycles. The van der Waals surface area contributed by atoms with Crippen molar-refractivity contribution in [2.24, 2.45) is 35.5 Å². The molecule has 1 aromatic carbocycles. The second-order valence-electron chi connectivity index (χ2n) is 8.23. The number of hydrogen-bond donors (Lipinski definition) is 1. The lowest BCUT2D eigenvalue weighted by atomic mass is 9.63. The van der Waals surface area contributed by atoms with Gasteiger partial charge in [0.25, 0.3) is 0 Å². The van der Waals surface area contributed by atoms with Crippen LogP contribution in [0.25, 0.3) is 0 Å². The van der Waals surface area contributed by atoms with Crippen LogP contribution in [0.5, 0.6) is 0 Å². The summed E-state index contributed by atoms with van der Waals surface area (Å²) in [5.74, 6) is 0.438. The van der Waals surface area contributed by atoms with Gasteiger partial charge < -0.3 is 5.32 Å². The molecule has 5 nitrogen and oxygen atoms in total. The number of imide groups is 1. The summed E-state index contributed by atoms with van der Waals surface area (Å²) in [6.07, 6.45) is 5.43. The molecule has 3 amide bonds. The van der Waals surface area contributed by atoms with Gasteiger partial charge in [-0.3, -0.25) is 19.3 Å². The van der Waals surface area contributed by atoms with Crippen LogP contribution in [0.2, 0.25) is 0 Å². The quantitative estimate of drug-likeness (QED) is 0.672. The van der Waals surface area contributed by atoms with Crippen LogP contribution >= 0.6 is 0 Å². The summed E-state index contributed by atoms with van der Waals surface area (Å²) < 4.78 is 0. The first-order valence-corrected chi connectivity index (χ1v) is 9.37. The molecule has 134 valence electrons.